The van der Waals surface area contributed by atoms with Gasteiger partial charge in [0.2, 0.25) is 0 Å². The summed E-state index contributed by atoms with van der Waals surface area (Å²) in [6, 6.07) is 9.30. The molecule has 0 amide bonds. The van der Waals surface area contributed by atoms with Gasteiger partial charge in [-0.1, -0.05) is 29.6 Å². The van der Waals surface area contributed by atoms with Crippen molar-refractivity contribution in [2.75, 3.05) is 17.8 Å². The van der Waals surface area contributed by atoms with Crippen LogP contribution in [0, 0.1) is 0 Å². The molecule has 0 spiro atoms. The number of hydrogen-bond donors (Lipinski definition) is 2. The highest BCUT2D eigenvalue weighted by Crippen LogP contribution is 2.35. The molecule has 29 heavy (non-hydrogen) atoms. The Balaban J connectivity index is 1.58. The summed E-state index contributed by atoms with van der Waals surface area (Å²) in [6.07, 6.45) is 4.77. The van der Waals surface area contributed by atoms with E-state index >= 15 is 0 Å². The Morgan fingerprint density at radius 1 is 0.966 bits per heavy atom. The van der Waals surface area contributed by atoms with E-state index in [4.69, 9.17) is 23.2 Å². The molecule has 1 saturated heterocycles. The lowest BCUT2D eigenvalue weighted by Gasteiger charge is -2.25. The van der Waals surface area contributed by atoms with Crippen LogP contribution in [0.25, 0.3) is 10.9 Å². The number of sulfonamides is 1. The first-order valence-corrected chi connectivity index (χ1v) is 12.5. The van der Waals surface area contributed by atoms with E-state index in [1.807, 2.05) is 4.31 Å². The van der Waals surface area contributed by atoms with Gasteiger partial charge in [-0.05, 0) is 49.2 Å². The molecule has 0 radical (unpaired) electrons. The van der Waals surface area contributed by atoms with E-state index in [2.05, 4.69) is 9.71 Å². The Hall–Kier alpha value is -1.58. The number of fused-ring (bicyclic) bond motifs is 1. The van der Waals surface area contributed by atoms with E-state index in [0.717, 1.165) is 32.4 Å². The zero-order chi connectivity index (χ0) is 20.6. The number of nitrogens with zero attached hydrogens (tertiary/aromatic N) is 1. The second-order valence-electron chi connectivity index (χ2n) is 6.80. The summed E-state index contributed by atoms with van der Waals surface area (Å²) in [5.41, 5.74) is 0.853. The predicted molar refractivity (Wildman–Crippen MR) is 117 cm³/mol. The number of nitrogens with one attached hydrogen (secondary N) is 2. The molecule has 2 N–H and O–H groups in total. The summed E-state index contributed by atoms with van der Waals surface area (Å²) in [5, 5.41) is 1.40. The van der Waals surface area contributed by atoms with Crippen LogP contribution in [0.15, 0.2) is 52.4 Å². The van der Waals surface area contributed by atoms with Crippen molar-refractivity contribution < 1.29 is 12.6 Å². The number of benzene rings is 2. The topological polar surface area (TPSA) is 82.3 Å². The monoisotopic (exact) mass is 471 g/mol. The van der Waals surface area contributed by atoms with E-state index in [9.17, 15) is 12.6 Å². The molecule has 154 valence electrons. The zero-order valence-electron chi connectivity index (χ0n) is 15.3. The van der Waals surface area contributed by atoms with Crippen LogP contribution in [-0.2, 0) is 21.0 Å². The molecule has 0 bridgehead atoms. The van der Waals surface area contributed by atoms with Crippen molar-refractivity contribution in [3.63, 3.8) is 0 Å². The van der Waals surface area contributed by atoms with Crippen LogP contribution in [-0.4, -0.2) is 35.0 Å². The van der Waals surface area contributed by atoms with Crippen molar-refractivity contribution in [1.82, 2.24) is 9.29 Å². The van der Waals surface area contributed by atoms with E-state index < -0.39 is 21.0 Å². The molecule has 2 aromatic carbocycles. The van der Waals surface area contributed by atoms with Crippen LogP contribution in [0.4, 0.5) is 5.69 Å². The van der Waals surface area contributed by atoms with Crippen LogP contribution in [0.5, 0.6) is 0 Å². The molecule has 10 heteroatoms. The fraction of sp³-hybridized carbons (Fsp3) is 0.263. The lowest BCUT2D eigenvalue weighted by molar-refractivity contribution is 0.365. The molecule has 1 aliphatic heterocycles. The number of aromatic amines is 1. The Morgan fingerprint density at radius 3 is 2.34 bits per heavy atom. The van der Waals surface area contributed by atoms with Gasteiger partial charge in [0, 0.05) is 24.7 Å². The SMILES string of the molecule is O=S(c1ccc(S(=O)(=O)Nc2ccc(Cl)c3c(Cl)c[nH]c23)cc1)N1CCCCC1. The second-order valence-corrected chi connectivity index (χ2v) is 10.8. The lowest BCUT2D eigenvalue weighted by atomic mass is 10.2. The largest absolute Gasteiger partial charge is 0.358 e. The lowest BCUT2D eigenvalue weighted by Crippen LogP contribution is -2.31. The van der Waals surface area contributed by atoms with Crippen molar-refractivity contribution in [1.29, 1.82) is 0 Å². The van der Waals surface area contributed by atoms with Gasteiger partial charge in [-0.2, -0.15) is 0 Å². The Morgan fingerprint density at radius 2 is 1.66 bits per heavy atom. The molecule has 1 atom stereocenters. The average Bonchev–Trinajstić information content (AvgIpc) is 3.13. The average molecular weight is 472 g/mol. The van der Waals surface area contributed by atoms with Gasteiger partial charge in [-0.15, -0.1) is 0 Å². The maximum absolute atomic E-state index is 12.8. The summed E-state index contributed by atoms with van der Waals surface area (Å²) >= 11 is 12.3. The minimum atomic E-state index is -3.84. The standard InChI is InChI=1S/C19H19Cl2N3O3S2/c20-15-8-9-17(19-18(15)16(21)12-22-19)23-29(26,27)14-6-4-13(5-7-14)28(25)24-10-2-1-3-11-24/h4-9,12,22-23H,1-3,10-11H2. The molecule has 6 nitrogen and oxygen atoms in total. The van der Waals surface area contributed by atoms with Crippen LogP contribution < -0.4 is 4.72 Å². The van der Waals surface area contributed by atoms with Crippen molar-refractivity contribution in [2.45, 2.75) is 29.1 Å². The smallest absolute Gasteiger partial charge is 0.261 e. The highest BCUT2D eigenvalue weighted by Gasteiger charge is 2.21. The van der Waals surface area contributed by atoms with Crippen LogP contribution in [0.1, 0.15) is 19.3 Å². The molecule has 1 fully saturated rings. The van der Waals surface area contributed by atoms with Crippen molar-refractivity contribution in [2.24, 2.45) is 0 Å². The van der Waals surface area contributed by atoms with E-state index in [1.165, 1.54) is 12.1 Å². The quantitative estimate of drug-likeness (QED) is 0.561. The van der Waals surface area contributed by atoms with Crippen molar-refractivity contribution in [3.05, 3.63) is 52.6 Å². The first-order valence-electron chi connectivity index (χ1n) is 9.11. The molecule has 4 rings (SSSR count). The molecule has 0 aliphatic carbocycles. The molecule has 3 aromatic rings. The molecular weight excluding hydrogens is 453 g/mol. The Kier molecular flexibility index (Phi) is 5.90. The van der Waals surface area contributed by atoms with Gasteiger partial charge >= 0.3 is 0 Å². The highest BCUT2D eigenvalue weighted by molar-refractivity contribution is 7.92. The normalized spacial score (nSPS) is 16.8. The summed E-state index contributed by atoms with van der Waals surface area (Å²) in [7, 11) is -5.12. The predicted octanol–water partition coefficient (Wildman–Crippen LogP) is 4.78. The molecule has 0 saturated carbocycles. The number of anilines is 1. The van der Waals surface area contributed by atoms with Gasteiger partial charge < -0.3 is 4.98 Å². The number of hydrogen-bond acceptors (Lipinski definition) is 3. The summed E-state index contributed by atoms with van der Waals surface area (Å²) < 4.78 is 42.8. The van der Waals surface area contributed by atoms with Crippen molar-refractivity contribution >= 4 is 60.8 Å². The summed E-state index contributed by atoms with van der Waals surface area (Å²) in [5.74, 6) is 0. The number of halogens is 2. The van der Waals surface area contributed by atoms with Crippen LogP contribution in [0.3, 0.4) is 0 Å². The molecular formula is C19H19Cl2N3O3S2. The third-order valence-corrected chi connectivity index (χ3v) is 8.37. The fourth-order valence-corrected chi connectivity index (χ4v) is 6.26. The highest BCUT2D eigenvalue weighted by atomic mass is 35.5. The third-order valence-electron chi connectivity index (χ3n) is 4.87. The van der Waals surface area contributed by atoms with E-state index in [0.29, 0.717) is 31.5 Å². The first-order chi connectivity index (χ1) is 13.9. The molecule has 2 heterocycles. The van der Waals surface area contributed by atoms with Crippen LogP contribution >= 0.6 is 23.2 Å². The maximum Gasteiger partial charge on any atom is 0.261 e. The van der Waals surface area contributed by atoms with Gasteiger partial charge in [0.05, 0.1) is 31.0 Å². The molecule has 1 aliphatic rings. The van der Waals surface area contributed by atoms with Crippen molar-refractivity contribution in [3.8, 4) is 0 Å². The first kappa shape index (κ1) is 20.7. The van der Waals surface area contributed by atoms with Gasteiger partial charge in [0.25, 0.3) is 10.0 Å². The van der Waals surface area contributed by atoms with Gasteiger partial charge in [-0.3, -0.25) is 4.72 Å². The zero-order valence-corrected chi connectivity index (χ0v) is 18.5. The van der Waals surface area contributed by atoms with E-state index in [-0.39, 0.29) is 4.90 Å². The maximum atomic E-state index is 12.8. The number of H-pyrrole nitrogens is 1. The minimum Gasteiger partial charge on any atom is -0.358 e. The minimum absolute atomic E-state index is 0.0812. The second kappa shape index (κ2) is 8.28. The third kappa shape index (κ3) is 4.18. The Labute approximate surface area is 181 Å². The number of aromatic nitrogens is 1. The summed E-state index contributed by atoms with van der Waals surface area (Å²) in [4.78, 5) is 3.62. The Bertz CT molecular complexity index is 1170. The number of rotatable bonds is 5. The fourth-order valence-electron chi connectivity index (χ4n) is 3.37. The molecule has 1 aromatic heterocycles. The van der Waals surface area contributed by atoms with Gasteiger partial charge in [0.15, 0.2) is 0 Å². The van der Waals surface area contributed by atoms with Crippen LogP contribution in [0.2, 0.25) is 10.0 Å². The van der Waals surface area contributed by atoms with Gasteiger partial charge in [0.1, 0.15) is 11.0 Å². The van der Waals surface area contributed by atoms with Gasteiger partial charge in [-0.25, -0.2) is 16.9 Å². The summed E-state index contributed by atoms with van der Waals surface area (Å²) in [6.45, 7) is 1.58. The van der Waals surface area contributed by atoms with E-state index in [1.54, 1.807) is 30.5 Å². The molecule has 1 unspecified atom stereocenters. The number of piperidine rings is 1.